The standard InChI is InChI=1S/C25H18Br2FNO2/c26-23-13-16(28)14-24(27)21(23)11-5-6-12-29-25(30)31-15-22-19-9-3-1-7-17(19)18-8-2-4-10-20(18)22/h1-4,7-10,13-14,22H,6,12,15H2,(H,29,30). The molecule has 4 rings (SSSR count). The van der Waals surface area contributed by atoms with Crippen LogP contribution < -0.4 is 5.32 Å². The number of amides is 1. The van der Waals surface area contributed by atoms with E-state index >= 15 is 0 Å². The molecular weight excluding hydrogens is 525 g/mol. The molecule has 1 aliphatic rings. The normalized spacial score (nSPS) is 11.8. The number of rotatable bonds is 4. The van der Waals surface area contributed by atoms with E-state index in [4.69, 9.17) is 4.74 Å². The highest BCUT2D eigenvalue weighted by molar-refractivity contribution is 9.11. The Morgan fingerprint density at radius 2 is 1.58 bits per heavy atom. The van der Waals surface area contributed by atoms with Crippen molar-refractivity contribution in [3.05, 3.63) is 92.1 Å². The lowest BCUT2D eigenvalue weighted by atomic mass is 9.98. The monoisotopic (exact) mass is 541 g/mol. The second-order valence-corrected chi connectivity index (χ2v) is 8.76. The van der Waals surface area contributed by atoms with Crippen LogP contribution in [0.5, 0.6) is 0 Å². The fraction of sp³-hybridized carbons (Fsp3) is 0.160. The van der Waals surface area contributed by atoms with Crippen molar-refractivity contribution in [2.75, 3.05) is 13.2 Å². The molecule has 3 aromatic carbocycles. The van der Waals surface area contributed by atoms with Gasteiger partial charge in [0, 0.05) is 27.8 Å². The first kappa shape index (κ1) is 21.6. The van der Waals surface area contributed by atoms with Crippen molar-refractivity contribution >= 4 is 38.0 Å². The van der Waals surface area contributed by atoms with Crippen LogP contribution in [0.1, 0.15) is 29.0 Å². The molecule has 0 atom stereocenters. The minimum atomic E-state index is -0.465. The molecule has 0 bridgehead atoms. The number of ether oxygens (including phenoxy) is 1. The molecule has 1 aliphatic carbocycles. The molecule has 0 radical (unpaired) electrons. The Hall–Kier alpha value is -2.62. The topological polar surface area (TPSA) is 38.3 Å². The number of carbonyl (C=O) groups excluding carboxylic acids is 1. The second-order valence-electron chi connectivity index (χ2n) is 7.05. The van der Waals surface area contributed by atoms with Gasteiger partial charge >= 0.3 is 6.09 Å². The van der Waals surface area contributed by atoms with Gasteiger partial charge in [-0.3, -0.25) is 0 Å². The quantitative estimate of drug-likeness (QED) is 0.297. The largest absolute Gasteiger partial charge is 0.449 e. The molecule has 0 saturated heterocycles. The number of benzene rings is 3. The van der Waals surface area contributed by atoms with Crippen LogP contribution in [-0.2, 0) is 4.74 Å². The zero-order valence-corrected chi connectivity index (χ0v) is 19.6. The maximum atomic E-state index is 13.3. The van der Waals surface area contributed by atoms with Crippen LogP contribution in [0, 0.1) is 17.7 Å². The maximum absolute atomic E-state index is 13.3. The number of nitrogens with one attached hydrogen (secondary N) is 1. The van der Waals surface area contributed by atoms with Crippen LogP contribution in [0.2, 0.25) is 0 Å². The lowest BCUT2D eigenvalue weighted by Crippen LogP contribution is -2.26. The predicted octanol–water partition coefficient (Wildman–Crippen LogP) is 6.63. The van der Waals surface area contributed by atoms with Gasteiger partial charge in [-0.15, -0.1) is 0 Å². The summed E-state index contributed by atoms with van der Waals surface area (Å²) in [5.41, 5.74) is 5.42. The summed E-state index contributed by atoms with van der Waals surface area (Å²) in [5, 5.41) is 2.73. The van der Waals surface area contributed by atoms with Crippen molar-refractivity contribution in [1.29, 1.82) is 0 Å². The Kier molecular flexibility index (Phi) is 6.74. The van der Waals surface area contributed by atoms with E-state index < -0.39 is 6.09 Å². The van der Waals surface area contributed by atoms with Crippen molar-refractivity contribution in [2.45, 2.75) is 12.3 Å². The average molecular weight is 543 g/mol. The lowest BCUT2D eigenvalue weighted by molar-refractivity contribution is 0.143. The van der Waals surface area contributed by atoms with Crippen LogP contribution in [0.3, 0.4) is 0 Å². The van der Waals surface area contributed by atoms with Crippen LogP contribution in [0.25, 0.3) is 11.1 Å². The Morgan fingerprint density at radius 1 is 1.00 bits per heavy atom. The summed E-state index contributed by atoms with van der Waals surface area (Å²) in [6, 6.07) is 19.2. The van der Waals surface area contributed by atoms with E-state index in [0.717, 1.165) is 0 Å². The molecule has 1 N–H and O–H groups in total. The van der Waals surface area contributed by atoms with Gasteiger partial charge in [-0.2, -0.15) is 0 Å². The number of alkyl carbamates (subject to hydrolysis) is 1. The fourth-order valence-corrected chi connectivity index (χ4v) is 5.02. The first-order valence-corrected chi connectivity index (χ1v) is 11.4. The molecule has 0 saturated carbocycles. The summed E-state index contributed by atoms with van der Waals surface area (Å²) in [7, 11) is 0. The molecule has 0 fully saturated rings. The molecular formula is C25H18Br2FNO2. The number of carbonyl (C=O) groups is 1. The van der Waals surface area contributed by atoms with E-state index in [1.54, 1.807) is 0 Å². The number of hydrogen-bond donors (Lipinski definition) is 1. The predicted molar refractivity (Wildman–Crippen MR) is 126 cm³/mol. The maximum Gasteiger partial charge on any atom is 0.407 e. The summed E-state index contributed by atoms with van der Waals surface area (Å²) in [6.07, 6.45) is -0.0201. The summed E-state index contributed by atoms with van der Waals surface area (Å²) < 4.78 is 20.0. The van der Waals surface area contributed by atoms with Gasteiger partial charge in [-0.1, -0.05) is 60.4 Å². The van der Waals surface area contributed by atoms with Gasteiger partial charge in [0.2, 0.25) is 0 Å². The lowest BCUT2D eigenvalue weighted by Gasteiger charge is -2.14. The van der Waals surface area contributed by atoms with E-state index in [1.165, 1.54) is 34.4 Å². The van der Waals surface area contributed by atoms with E-state index in [9.17, 15) is 9.18 Å². The van der Waals surface area contributed by atoms with Crippen molar-refractivity contribution < 1.29 is 13.9 Å². The molecule has 0 heterocycles. The molecule has 3 nitrogen and oxygen atoms in total. The second kappa shape index (κ2) is 9.67. The van der Waals surface area contributed by atoms with Crippen LogP contribution >= 0.6 is 31.9 Å². The van der Waals surface area contributed by atoms with Crippen molar-refractivity contribution in [2.24, 2.45) is 0 Å². The number of halogens is 3. The Labute approximate surface area is 197 Å². The van der Waals surface area contributed by atoms with E-state index in [1.807, 2.05) is 24.3 Å². The smallest absolute Gasteiger partial charge is 0.407 e. The highest BCUT2D eigenvalue weighted by Gasteiger charge is 2.28. The van der Waals surface area contributed by atoms with Crippen molar-refractivity contribution in [3.8, 4) is 23.0 Å². The molecule has 6 heteroatoms. The Morgan fingerprint density at radius 3 is 2.19 bits per heavy atom. The van der Waals surface area contributed by atoms with E-state index in [-0.39, 0.29) is 18.3 Å². The third-order valence-corrected chi connectivity index (χ3v) is 6.33. The Balaban J connectivity index is 1.30. The third kappa shape index (κ3) is 4.84. The first-order chi connectivity index (χ1) is 15.0. The molecule has 0 unspecified atom stereocenters. The van der Waals surface area contributed by atoms with Crippen molar-refractivity contribution in [3.63, 3.8) is 0 Å². The molecule has 3 aromatic rings. The Bertz CT molecular complexity index is 1130. The average Bonchev–Trinajstić information content (AvgIpc) is 3.07. The minimum absolute atomic E-state index is 0.0334. The van der Waals surface area contributed by atoms with Gasteiger partial charge in [0.15, 0.2) is 0 Å². The third-order valence-electron chi connectivity index (χ3n) is 5.08. The van der Waals surface area contributed by atoms with E-state index in [2.05, 4.69) is 73.3 Å². The number of fused-ring (bicyclic) bond motifs is 3. The highest BCUT2D eigenvalue weighted by atomic mass is 79.9. The zero-order valence-electron chi connectivity index (χ0n) is 16.4. The summed E-state index contributed by atoms with van der Waals surface area (Å²) >= 11 is 6.61. The van der Waals surface area contributed by atoms with Crippen molar-refractivity contribution in [1.82, 2.24) is 5.32 Å². The SMILES string of the molecule is O=C(NCCC#Cc1c(Br)cc(F)cc1Br)OCC1c2ccccc2-c2ccccc21. The molecule has 0 aromatic heterocycles. The summed E-state index contributed by atoms with van der Waals surface area (Å²) in [4.78, 5) is 12.2. The molecule has 0 spiro atoms. The summed E-state index contributed by atoms with van der Waals surface area (Å²) in [5.74, 6) is 5.64. The zero-order chi connectivity index (χ0) is 21.8. The minimum Gasteiger partial charge on any atom is -0.449 e. The van der Waals surface area contributed by atoms with E-state index in [0.29, 0.717) is 27.5 Å². The fourth-order valence-electron chi connectivity index (χ4n) is 3.69. The molecule has 1 amide bonds. The first-order valence-electron chi connectivity index (χ1n) is 9.77. The van der Waals surface area contributed by atoms with Crippen LogP contribution in [-0.4, -0.2) is 19.2 Å². The van der Waals surface area contributed by atoms with Gasteiger partial charge in [0.1, 0.15) is 12.4 Å². The molecule has 156 valence electrons. The summed E-state index contributed by atoms with van der Waals surface area (Å²) in [6.45, 7) is 0.640. The highest BCUT2D eigenvalue weighted by Crippen LogP contribution is 2.44. The van der Waals surface area contributed by atoms with Gasteiger partial charge in [-0.25, -0.2) is 9.18 Å². The molecule has 31 heavy (non-hydrogen) atoms. The van der Waals surface area contributed by atoms with Gasteiger partial charge in [0.05, 0.1) is 5.56 Å². The number of hydrogen-bond acceptors (Lipinski definition) is 2. The molecule has 0 aliphatic heterocycles. The van der Waals surface area contributed by atoms with Gasteiger partial charge < -0.3 is 10.1 Å². The van der Waals surface area contributed by atoms with Gasteiger partial charge in [-0.05, 0) is 66.2 Å². The van der Waals surface area contributed by atoms with Gasteiger partial charge in [0.25, 0.3) is 0 Å². The van der Waals surface area contributed by atoms with Crippen LogP contribution in [0.4, 0.5) is 9.18 Å². The van der Waals surface area contributed by atoms with Crippen LogP contribution in [0.15, 0.2) is 69.6 Å².